The number of halogens is 2. The summed E-state index contributed by atoms with van der Waals surface area (Å²) in [5.41, 5.74) is 2.76. The van der Waals surface area contributed by atoms with Crippen molar-refractivity contribution in [2.75, 3.05) is 5.32 Å². The molecule has 1 aliphatic carbocycles. The van der Waals surface area contributed by atoms with E-state index in [2.05, 4.69) is 27.7 Å². The van der Waals surface area contributed by atoms with Gasteiger partial charge >= 0.3 is 0 Å². The van der Waals surface area contributed by atoms with Crippen LogP contribution in [0.4, 0.5) is 14.6 Å². The van der Waals surface area contributed by atoms with Crippen molar-refractivity contribution in [3.05, 3.63) is 53.7 Å². The summed E-state index contributed by atoms with van der Waals surface area (Å²) in [6.45, 7) is 2.09. The second-order valence-corrected chi connectivity index (χ2v) is 6.62. The minimum absolute atomic E-state index is 0.327. The van der Waals surface area contributed by atoms with Crippen LogP contribution in [0, 0.1) is 11.6 Å². The third-order valence-electron chi connectivity index (χ3n) is 4.97. The van der Waals surface area contributed by atoms with Crippen molar-refractivity contribution in [2.24, 2.45) is 0 Å². The Morgan fingerprint density at radius 1 is 1.16 bits per heavy atom. The van der Waals surface area contributed by atoms with Crippen molar-refractivity contribution < 1.29 is 8.78 Å². The average molecular weight is 341 g/mol. The second-order valence-electron chi connectivity index (χ2n) is 6.62. The molecule has 5 heteroatoms. The molecule has 130 valence electrons. The topological polar surface area (TPSA) is 29.3 Å². The van der Waals surface area contributed by atoms with Crippen LogP contribution in [0.25, 0.3) is 16.9 Å². The number of hydrogen-bond acceptors (Lipinski definition) is 2. The van der Waals surface area contributed by atoms with E-state index in [4.69, 9.17) is 0 Å². The number of pyridine rings is 1. The molecule has 1 aliphatic rings. The van der Waals surface area contributed by atoms with Crippen LogP contribution in [0.5, 0.6) is 0 Å². The summed E-state index contributed by atoms with van der Waals surface area (Å²) in [5.74, 6) is -0.356. The van der Waals surface area contributed by atoms with Gasteiger partial charge < -0.3 is 5.32 Å². The van der Waals surface area contributed by atoms with Crippen molar-refractivity contribution in [2.45, 2.75) is 45.1 Å². The Morgan fingerprint density at radius 3 is 2.68 bits per heavy atom. The predicted octanol–water partition coefficient (Wildman–Crippen LogP) is 5.20. The summed E-state index contributed by atoms with van der Waals surface area (Å²) in [6.07, 6.45) is 5.46. The van der Waals surface area contributed by atoms with Gasteiger partial charge in [0.15, 0.2) is 0 Å². The van der Waals surface area contributed by atoms with Crippen molar-refractivity contribution in [1.82, 2.24) is 9.38 Å². The molecule has 0 aliphatic heterocycles. The van der Waals surface area contributed by atoms with E-state index in [9.17, 15) is 8.78 Å². The molecule has 0 spiro atoms. The van der Waals surface area contributed by atoms with Gasteiger partial charge in [0, 0.05) is 23.4 Å². The van der Waals surface area contributed by atoms with Gasteiger partial charge in [0.1, 0.15) is 28.8 Å². The molecule has 3 aromatic rings. The highest BCUT2D eigenvalue weighted by molar-refractivity contribution is 5.77. The number of anilines is 1. The molecular weight excluding hydrogens is 320 g/mol. The number of nitrogens with one attached hydrogen (secondary N) is 1. The number of fused-ring (bicyclic) bond motifs is 1. The molecule has 0 radical (unpaired) electrons. The molecule has 2 aromatic heterocycles. The van der Waals surface area contributed by atoms with Crippen molar-refractivity contribution in [1.29, 1.82) is 0 Å². The monoisotopic (exact) mass is 341 g/mol. The zero-order chi connectivity index (χ0) is 17.4. The number of aryl methyl sites for hydroxylation is 1. The number of hydrogen-bond donors (Lipinski definition) is 1. The standard InChI is InChI=1S/C20H21F2N3/c1-2-15-8-5-9-18-24-19(16-11-10-13(21)12-17(16)22)20(25(15)18)23-14-6-3-4-7-14/h5,8-12,14,23H,2-4,6-7H2,1H3. The molecule has 4 rings (SSSR count). The normalized spacial score (nSPS) is 15.2. The quantitative estimate of drug-likeness (QED) is 0.707. The van der Waals surface area contributed by atoms with Gasteiger partial charge in [-0.05, 0) is 43.5 Å². The summed E-state index contributed by atoms with van der Waals surface area (Å²) >= 11 is 0. The maximum absolute atomic E-state index is 14.4. The van der Waals surface area contributed by atoms with Crippen LogP contribution >= 0.6 is 0 Å². The lowest BCUT2D eigenvalue weighted by molar-refractivity contribution is 0.585. The van der Waals surface area contributed by atoms with E-state index in [0.717, 1.165) is 42.5 Å². The van der Waals surface area contributed by atoms with E-state index in [0.29, 0.717) is 17.3 Å². The Labute approximate surface area is 145 Å². The van der Waals surface area contributed by atoms with Gasteiger partial charge in [-0.1, -0.05) is 25.8 Å². The molecule has 25 heavy (non-hydrogen) atoms. The van der Waals surface area contributed by atoms with Gasteiger partial charge in [-0.25, -0.2) is 13.8 Å². The zero-order valence-electron chi connectivity index (χ0n) is 14.2. The van der Waals surface area contributed by atoms with Crippen LogP contribution in [0.3, 0.4) is 0 Å². The fourth-order valence-electron chi connectivity index (χ4n) is 3.70. The first-order valence-electron chi connectivity index (χ1n) is 8.89. The molecule has 3 nitrogen and oxygen atoms in total. The Kier molecular flexibility index (Phi) is 4.15. The lowest BCUT2D eigenvalue weighted by atomic mass is 10.1. The SMILES string of the molecule is CCc1cccc2nc(-c3ccc(F)cc3F)c(NC3CCCC3)n12. The predicted molar refractivity (Wildman–Crippen MR) is 95.8 cm³/mol. The van der Waals surface area contributed by atoms with Crippen molar-refractivity contribution in [3.63, 3.8) is 0 Å². The van der Waals surface area contributed by atoms with Crippen LogP contribution in [-0.2, 0) is 6.42 Å². The van der Waals surface area contributed by atoms with Gasteiger partial charge in [0.2, 0.25) is 0 Å². The molecular formula is C20H21F2N3. The van der Waals surface area contributed by atoms with E-state index >= 15 is 0 Å². The van der Waals surface area contributed by atoms with Crippen LogP contribution in [0.15, 0.2) is 36.4 Å². The second kappa shape index (κ2) is 6.47. The average Bonchev–Trinajstić information content (AvgIpc) is 3.23. The highest BCUT2D eigenvalue weighted by Gasteiger charge is 2.23. The fraction of sp³-hybridized carbons (Fsp3) is 0.350. The zero-order valence-corrected chi connectivity index (χ0v) is 14.2. The highest BCUT2D eigenvalue weighted by atomic mass is 19.1. The summed E-state index contributed by atoms with van der Waals surface area (Å²) < 4.78 is 29.8. The molecule has 1 fully saturated rings. The molecule has 1 aromatic carbocycles. The largest absolute Gasteiger partial charge is 0.367 e. The van der Waals surface area contributed by atoms with E-state index in [1.807, 2.05) is 12.1 Å². The third-order valence-corrected chi connectivity index (χ3v) is 4.97. The molecule has 0 amide bonds. The maximum Gasteiger partial charge on any atom is 0.139 e. The Bertz CT molecular complexity index is 911. The van der Waals surface area contributed by atoms with E-state index in [1.165, 1.54) is 25.0 Å². The maximum atomic E-state index is 14.4. The number of benzene rings is 1. The van der Waals surface area contributed by atoms with E-state index in [-0.39, 0.29) is 0 Å². The first kappa shape index (κ1) is 16.1. The first-order chi connectivity index (χ1) is 12.2. The smallest absolute Gasteiger partial charge is 0.139 e. The lowest BCUT2D eigenvalue weighted by Gasteiger charge is -2.16. The molecule has 1 N–H and O–H groups in total. The lowest BCUT2D eigenvalue weighted by Crippen LogP contribution is -2.17. The summed E-state index contributed by atoms with van der Waals surface area (Å²) in [4.78, 5) is 4.66. The van der Waals surface area contributed by atoms with Gasteiger partial charge in [0.05, 0.1) is 0 Å². The fourth-order valence-corrected chi connectivity index (χ4v) is 3.70. The highest BCUT2D eigenvalue weighted by Crippen LogP contribution is 2.34. The molecule has 1 saturated carbocycles. The van der Waals surface area contributed by atoms with Crippen LogP contribution < -0.4 is 5.32 Å². The first-order valence-corrected chi connectivity index (χ1v) is 8.89. The van der Waals surface area contributed by atoms with E-state index in [1.54, 1.807) is 0 Å². The summed E-state index contributed by atoms with van der Waals surface area (Å²) in [7, 11) is 0. The number of aromatic nitrogens is 2. The number of rotatable bonds is 4. The minimum atomic E-state index is -0.587. The Morgan fingerprint density at radius 2 is 1.96 bits per heavy atom. The number of nitrogens with zero attached hydrogens (tertiary/aromatic N) is 2. The Balaban J connectivity index is 1.92. The van der Waals surface area contributed by atoms with Crippen molar-refractivity contribution in [3.8, 4) is 11.3 Å². The van der Waals surface area contributed by atoms with Gasteiger partial charge in [0.25, 0.3) is 0 Å². The third kappa shape index (κ3) is 2.88. The summed E-state index contributed by atoms with van der Waals surface area (Å²) in [5, 5.41) is 3.59. The summed E-state index contributed by atoms with van der Waals surface area (Å²) in [6, 6.07) is 9.97. The molecule has 2 heterocycles. The molecule has 0 unspecified atom stereocenters. The molecule has 0 bridgehead atoms. The van der Waals surface area contributed by atoms with E-state index < -0.39 is 11.6 Å². The molecule has 0 atom stereocenters. The van der Waals surface area contributed by atoms with Crippen LogP contribution in [-0.4, -0.2) is 15.4 Å². The van der Waals surface area contributed by atoms with Crippen molar-refractivity contribution >= 4 is 11.5 Å². The van der Waals surface area contributed by atoms with Crippen LogP contribution in [0.2, 0.25) is 0 Å². The molecule has 0 saturated heterocycles. The minimum Gasteiger partial charge on any atom is -0.367 e. The number of imidazole rings is 1. The van der Waals surface area contributed by atoms with Gasteiger partial charge in [-0.3, -0.25) is 4.40 Å². The van der Waals surface area contributed by atoms with Gasteiger partial charge in [-0.2, -0.15) is 0 Å². The Hall–Kier alpha value is -2.43. The van der Waals surface area contributed by atoms with Crippen LogP contribution in [0.1, 0.15) is 38.3 Å². The van der Waals surface area contributed by atoms with Gasteiger partial charge in [-0.15, -0.1) is 0 Å².